The van der Waals surface area contributed by atoms with Crippen molar-refractivity contribution in [3.05, 3.63) is 64.3 Å². The van der Waals surface area contributed by atoms with Crippen LogP contribution in [0.15, 0.2) is 53.1 Å². The third-order valence-corrected chi connectivity index (χ3v) is 3.71. The predicted molar refractivity (Wildman–Crippen MR) is 82.4 cm³/mol. The zero-order valence-corrected chi connectivity index (χ0v) is 12.4. The number of ether oxygens (including phenoxy) is 1. The Bertz CT molecular complexity index is 792. The van der Waals surface area contributed by atoms with Gasteiger partial charge >= 0.3 is 0 Å². The Morgan fingerprint density at radius 3 is 2.85 bits per heavy atom. The highest BCUT2D eigenvalue weighted by molar-refractivity contribution is 9.10. The number of aromatic amines is 1. The molecule has 3 aromatic rings. The molecule has 0 saturated heterocycles. The fraction of sp³-hybridized carbons (Fsp3) is 0.0625. The van der Waals surface area contributed by atoms with Crippen LogP contribution >= 0.6 is 15.9 Å². The molecule has 0 spiro atoms. The van der Waals surface area contributed by atoms with E-state index in [-0.39, 0.29) is 5.78 Å². The molecule has 100 valence electrons. The molecule has 20 heavy (non-hydrogen) atoms. The number of benzene rings is 2. The van der Waals surface area contributed by atoms with Crippen molar-refractivity contribution in [3.8, 4) is 5.75 Å². The topological polar surface area (TPSA) is 42.1 Å². The van der Waals surface area contributed by atoms with Gasteiger partial charge < -0.3 is 9.72 Å². The van der Waals surface area contributed by atoms with Gasteiger partial charge in [-0.2, -0.15) is 0 Å². The van der Waals surface area contributed by atoms with E-state index in [0.29, 0.717) is 16.9 Å². The molecule has 0 amide bonds. The van der Waals surface area contributed by atoms with E-state index in [1.807, 2.05) is 30.3 Å². The quantitative estimate of drug-likeness (QED) is 0.733. The van der Waals surface area contributed by atoms with Gasteiger partial charge in [0.05, 0.1) is 7.11 Å². The van der Waals surface area contributed by atoms with Gasteiger partial charge in [-0.05, 0) is 24.3 Å². The molecule has 0 atom stereocenters. The Morgan fingerprint density at radius 2 is 2.05 bits per heavy atom. The second-order valence-corrected chi connectivity index (χ2v) is 5.37. The van der Waals surface area contributed by atoms with Gasteiger partial charge in [0.25, 0.3) is 0 Å². The molecule has 2 aromatic carbocycles. The lowest BCUT2D eigenvalue weighted by Crippen LogP contribution is -2.00. The first-order valence-electron chi connectivity index (χ1n) is 6.14. The molecule has 3 nitrogen and oxygen atoms in total. The number of nitrogens with one attached hydrogen (secondary N) is 1. The summed E-state index contributed by atoms with van der Waals surface area (Å²) >= 11 is 3.42. The lowest BCUT2D eigenvalue weighted by atomic mass is 10.0. The average molecular weight is 330 g/mol. The SMILES string of the molecule is COc1cccc(C(=O)c2c[nH]c3cc(Br)ccc23)c1. The summed E-state index contributed by atoms with van der Waals surface area (Å²) in [5.74, 6) is 0.663. The fourth-order valence-electron chi connectivity index (χ4n) is 2.21. The number of H-pyrrole nitrogens is 1. The number of hydrogen-bond acceptors (Lipinski definition) is 2. The Kier molecular flexibility index (Phi) is 3.32. The zero-order chi connectivity index (χ0) is 14.1. The van der Waals surface area contributed by atoms with E-state index < -0.39 is 0 Å². The molecule has 0 fully saturated rings. The molecular weight excluding hydrogens is 318 g/mol. The van der Waals surface area contributed by atoms with Crippen LogP contribution in [0.3, 0.4) is 0 Å². The van der Waals surface area contributed by atoms with E-state index in [2.05, 4.69) is 20.9 Å². The van der Waals surface area contributed by atoms with Crippen LogP contribution in [-0.2, 0) is 0 Å². The number of carbonyl (C=O) groups is 1. The Balaban J connectivity index is 2.08. The maximum absolute atomic E-state index is 12.6. The van der Waals surface area contributed by atoms with Crippen LogP contribution in [-0.4, -0.2) is 17.9 Å². The van der Waals surface area contributed by atoms with Gasteiger partial charge in [-0.25, -0.2) is 0 Å². The lowest BCUT2D eigenvalue weighted by Gasteiger charge is -2.03. The van der Waals surface area contributed by atoms with Crippen LogP contribution in [0.1, 0.15) is 15.9 Å². The van der Waals surface area contributed by atoms with Gasteiger partial charge in [-0.3, -0.25) is 4.79 Å². The molecule has 1 aromatic heterocycles. The minimum absolute atomic E-state index is 0.0162. The molecule has 0 saturated carbocycles. The summed E-state index contributed by atoms with van der Waals surface area (Å²) in [6, 6.07) is 13.0. The Labute approximate surface area is 124 Å². The summed E-state index contributed by atoms with van der Waals surface area (Å²) in [5, 5.41) is 0.918. The first-order chi connectivity index (χ1) is 9.69. The molecule has 1 N–H and O–H groups in total. The van der Waals surface area contributed by atoms with Crippen molar-refractivity contribution in [1.29, 1.82) is 0 Å². The van der Waals surface area contributed by atoms with E-state index in [1.165, 1.54) is 0 Å². The van der Waals surface area contributed by atoms with Crippen molar-refractivity contribution >= 4 is 32.6 Å². The molecule has 3 rings (SSSR count). The maximum atomic E-state index is 12.6. The zero-order valence-electron chi connectivity index (χ0n) is 10.8. The Hall–Kier alpha value is -2.07. The summed E-state index contributed by atoms with van der Waals surface area (Å²) < 4.78 is 6.14. The average Bonchev–Trinajstić information content (AvgIpc) is 2.89. The van der Waals surface area contributed by atoms with E-state index in [4.69, 9.17) is 4.74 Å². The van der Waals surface area contributed by atoms with Crippen LogP contribution < -0.4 is 4.74 Å². The molecule has 4 heteroatoms. The largest absolute Gasteiger partial charge is 0.497 e. The van der Waals surface area contributed by atoms with Gasteiger partial charge in [0.1, 0.15) is 5.75 Å². The summed E-state index contributed by atoms with van der Waals surface area (Å²) in [6.45, 7) is 0. The minimum Gasteiger partial charge on any atom is -0.497 e. The predicted octanol–water partition coefficient (Wildman–Crippen LogP) is 4.17. The molecule has 0 aliphatic rings. The Morgan fingerprint density at radius 1 is 1.20 bits per heavy atom. The highest BCUT2D eigenvalue weighted by Gasteiger charge is 2.14. The molecule has 0 bridgehead atoms. The normalized spacial score (nSPS) is 10.7. The summed E-state index contributed by atoms with van der Waals surface area (Å²) in [4.78, 5) is 15.7. The van der Waals surface area contributed by atoms with Crippen LogP contribution in [0.2, 0.25) is 0 Å². The van der Waals surface area contributed by atoms with Crippen LogP contribution in [0.25, 0.3) is 10.9 Å². The number of ketones is 1. The number of hydrogen-bond donors (Lipinski definition) is 1. The molecule has 0 radical (unpaired) electrons. The van der Waals surface area contributed by atoms with E-state index in [9.17, 15) is 4.79 Å². The number of halogens is 1. The van der Waals surface area contributed by atoms with Crippen LogP contribution in [0, 0.1) is 0 Å². The van der Waals surface area contributed by atoms with E-state index in [1.54, 1.807) is 25.4 Å². The van der Waals surface area contributed by atoms with E-state index >= 15 is 0 Å². The summed E-state index contributed by atoms with van der Waals surface area (Å²) in [5.41, 5.74) is 2.22. The van der Waals surface area contributed by atoms with Gasteiger partial charge in [-0.15, -0.1) is 0 Å². The van der Waals surface area contributed by atoms with E-state index in [0.717, 1.165) is 15.4 Å². The van der Waals surface area contributed by atoms with Gasteiger partial charge in [0.2, 0.25) is 0 Å². The fourth-order valence-corrected chi connectivity index (χ4v) is 2.57. The molecule has 0 aliphatic heterocycles. The van der Waals surface area contributed by atoms with Gasteiger partial charge in [-0.1, -0.05) is 34.1 Å². The van der Waals surface area contributed by atoms with Crippen molar-refractivity contribution in [2.45, 2.75) is 0 Å². The van der Waals surface area contributed by atoms with Crippen LogP contribution in [0.5, 0.6) is 5.75 Å². The first-order valence-corrected chi connectivity index (χ1v) is 6.94. The molecule has 1 heterocycles. The van der Waals surface area contributed by atoms with Crippen molar-refractivity contribution < 1.29 is 9.53 Å². The molecule has 0 aliphatic carbocycles. The highest BCUT2D eigenvalue weighted by atomic mass is 79.9. The number of fused-ring (bicyclic) bond motifs is 1. The third kappa shape index (κ3) is 2.23. The van der Waals surface area contributed by atoms with Gasteiger partial charge in [0, 0.05) is 32.7 Å². The second kappa shape index (κ2) is 5.13. The standard InChI is InChI=1S/C16H12BrNO2/c1-20-12-4-2-3-10(7-12)16(19)14-9-18-15-8-11(17)5-6-13(14)15/h2-9,18H,1H3. The molecule has 0 unspecified atom stereocenters. The van der Waals surface area contributed by atoms with Crippen molar-refractivity contribution in [2.24, 2.45) is 0 Å². The first kappa shape index (κ1) is 12.9. The van der Waals surface area contributed by atoms with Crippen molar-refractivity contribution in [2.75, 3.05) is 7.11 Å². The van der Waals surface area contributed by atoms with Crippen LogP contribution in [0.4, 0.5) is 0 Å². The van der Waals surface area contributed by atoms with Crippen molar-refractivity contribution in [3.63, 3.8) is 0 Å². The number of aromatic nitrogens is 1. The summed E-state index contributed by atoms with van der Waals surface area (Å²) in [7, 11) is 1.59. The van der Waals surface area contributed by atoms with Gasteiger partial charge in [0.15, 0.2) is 5.78 Å². The monoisotopic (exact) mass is 329 g/mol. The lowest BCUT2D eigenvalue weighted by molar-refractivity contribution is 0.104. The second-order valence-electron chi connectivity index (χ2n) is 4.45. The number of carbonyl (C=O) groups excluding carboxylic acids is 1. The minimum atomic E-state index is -0.0162. The number of rotatable bonds is 3. The maximum Gasteiger partial charge on any atom is 0.195 e. The highest BCUT2D eigenvalue weighted by Crippen LogP contribution is 2.25. The third-order valence-electron chi connectivity index (χ3n) is 3.22. The smallest absolute Gasteiger partial charge is 0.195 e. The molecular formula is C16H12BrNO2. The van der Waals surface area contributed by atoms with Crippen molar-refractivity contribution in [1.82, 2.24) is 4.98 Å². The summed E-state index contributed by atoms with van der Waals surface area (Å²) in [6.07, 6.45) is 1.75. The number of methoxy groups -OCH3 is 1.